The van der Waals surface area contributed by atoms with Gasteiger partial charge >= 0.3 is 0 Å². The van der Waals surface area contributed by atoms with Crippen LogP contribution in [0.25, 0.3) is 0 Å². The van der Waals surface area contributed by atoms with Crippen molar-refractivity contribution in [2.75, 3.05) is 0 Å². The Hall–Kier alpha value is -1.31. The Labute approximate surface area is 103 Å². The molecule has 1 aromatic rings. The van der Waals surface area contributed by atoms with E-state index in [1.807, 2.05) is 6.92 Å². The van der Waals surface area contributed by atoms with E-state index in [0.29, 0.717) is 5.92 Å². The van der Waals surface area contributed by atoms with Crippen LogP contribution in [0.4, 0.5) is 0 Å². The number of nitrogens with one attached hydrogen (secondary N) is 1. The Kier molecular flexibility index (Phi) is 3.51. The van der Waals surface area contributed by atoms with Crippen LogP contribution >= 0.6 is 0 Å². The number of amides is 1. The van der Waals surface area contributed by atoms with Crippen molar-refractivity contribution < 1.29 is 4.79 Å². The molecule has 3 atom stereocenters. The first-order chi connectivity index (χ1) is 8.11. The van der Waals surface area contributed by atoms with Gasteiger partial charge < -0.3 is 5.32 Å². The van der Waals surface area contributed by atoms with Crippen molar-refractivity contribution in [2.45, 2.75) is 39.7 Å². The fourth-order valence-corrected chi connectivity index (χ4v) is 2.13. The van der Waals surface area contributed by atoms with Crippen LogP contribution < -0.4 is 5.32 Å². The van der Waals surface area contributed by atoms with Gasteiger partial charge in [-0.3, -0.25) is 4.79 Å². The summed E-state index contributed by atoms with van der Waals surface area (Å²) in [5.74, 6) is 1.04. The summed E-state index contributed by atoms with van der Waals surface area (Å²) in [6, 6.07) is 8.61. The van der Waals surface area contributed by atoms with E-state index in [9.17, 15) is 4.79 Å². The molecule has 92 valence electrons. The monoisotopic (exact) mass is 231 g/mol. The maximum absolute atomic E-state index is 11.8. The van der Waals surface area contributed by atoms with Crippen LogP contribution in [0.3, 0.4) is 0 Å². The molecule has 1 amide bonds. The zero-order valence-electron chi connectivity index (χ0n) is 10.9. The Morgan fingerprint density at radius 3 is 2.47 bits per heavy atom. The highest BCUT2D eigenvalue weighted by Crippen LogP contribution is 2.38. The number of hydrogen-bond donors (Lipinski definition) is 1. The quantitative estimate of drug-likeness (QED) is 0.847. The second-order valence-electron chi connectivity index (χ2n) is 5.14. The van der Waals surface area contributed by atoms with Crippen molar-refractivity contribution in [3.8, 4) is 0 Å². The first kappa shape index (κ1) is 12.2. The number of carbonyl (C=O) groups is 1. The van der Waals surface area contributed by atoms with Gasteiger partial charge in [-0.25, -0.2) is 0 Å². The van der Waals surface area contributed by atoms with Gasteiger partial charge in [0.05, 0.1) is 6.04 Å². The van der Waals surface area contributed by atoms with Gasteiger partial charge in [-0.2, -0.15) is 0 Å². The van der Waals surface area contributed by atoms with E-state index in [2.05, 4.69) is 43.4 Å². The first-order valence-corrected chi connectivity index (χ1v) is 6.51. The molecule has 2 heteroatoms. The lowest BCUT2D eigenvalue weighted by Gasteiger charge is -2.14. The van der Waals surface area contributed by atoms with Crippen LogP contribution in [0.15, 0.2) is 24.3 Å². The van der Waals surface area contributed by atoms with Crippen molar-refractivity contribution in [1.29, 1.82) is 0 Å². The molecule has 0 bridgehead atoms. The number of benzene rings is 1. The fraction of sp³-hybridized carbons (Fsp3) is 0.533. The minimum absolute atomic E-state index is 0.112. The predicted molar refractivity (Wildman–Crippen MR) is 69.6 cm³/mol. The summed E-state index contributed by atoms with van der Waals surface area (Å²) in [6.07, 6.45) is 2.11. The first-order valence-electron chi connectivity index (χ1n) is 6.51. The molecule has 17 heavy (non-hydrogen) atoms. The van der Waals surface area contributed by atoms with Crippen molar-refractivity contribution in [1.82, 2.24) is 5.32 Å². The Balaban J connectivity index is 1.94. The Bertz CT molecular complexity index is 396. The molecule has 2 rings (SSSR count). The molecule has 0 aliphatic heterocycles. The van der Waals surface area contributed by atoms with E-state index in [4.69, 9.17) is 0 Å². The molecule has 1 aliphatic rings. The molecule has 0 unspecified atom stereocenters. The lowest BCUT2D eigenvalue weighted by molar-refractivity contribution is -0.123. The van der Waals surface area contributed by atoms with Crippen LogP contribution in [-0.4, -0.2) is 5.91 Å². The third-order valence-electron chi connectivity index (χ3n) is 3.69. The number of rotatable bonds is 4. The molecule has 1 N–H and O–H groups in total. The second kappa shape index (κ2) is 4.91. The highest BCUT2D eigenvalue weighted by Gasteiger charge is 2.39. The van der Waals surface area contributed by atoms with Crippen LogP contribution in [0.2, 0.25) is 0 Å². The Morgan fingerprint density at radius 1 is 1.41 bits per heavy atom. The maximum atomic E-state index is 11.8. The molecule has 0 heterocycles. The fourth-order valence-electron chi connectivity index (χ4n) is 2.13. The lowest BCUT2D eigenvalue weighted by Crippen LogP contribution is -2.28. The molecular weight excluding hydrogens is 210 g/mol. The standard InChI is InChI=1S/C15H21NO/c1-4-12-5-7-13(8-6-12)11(3)16-15(17)14-9-10(14)2/h5-8,10-11,14H,4,9H2,1-3H3,(H,16,17)/t10-,11+,14-/m0/s1. The minimum atomic E-state index is 0.112. The van der Waals surface area contributed by atoms with Gasteiger partial charge in [0.2, 0.25) is 5.91 Å². The van der Waals surface area contributed by atoms with E-state index in [1.54, 1.807) is 0 Å². The van der Waals surface area contributed by atoms with E-state index >= 15 is 0 Å². The van der Waals surface area contributed by atoms with Gasteiger partial charge in [0.1, 0.15) is 0 Å². The molecular formula is C15H21NO. The molecule has 1 saturated carbocycles. The third-order valence-corrected chi connectivity index (χ3v) is 3.69. The second-order valence-corrected chi connectivity index (χ2v) is 5.14. The average Bonchev–Trinajstić information content (AvgIpc) is 3.06. The molecule has 1 fully saturated rings. The van der Waals surface area contributed by atoms with Crippen LogP contribution in [-0.2, 0) is 11.2 Å². The van der Waals surface area contributed by atoms with E-state index in [1.165, 1.54) is 11.1 Å². The summed E-state index contributed by atoms with van der Waals surface area (Å²) in [7, 11) is 0. The average molecular weight is 231 g/mol. The summed E-state index contributed by atoms with van der Waals surface area (Å²) in [5, 5.41) is 3.09. The topological polar surface area (TPSA) is 29.1 Å². The highest BCUT2D eigenvalue weighted by molar-refractivity contribution is 5.81. The lowest BCUT2D eigenvalue weighted by atomic mass is 10.0. The van der Waals surface area contributed by atoms with Crippen molar-refractivity contribution in [3.63, 3.8) is 0 Å². The Morgan fingerprint density at radius 2 is 2.00 bits per heavy atom. The molecule has 0 saturated heterocycles. The van der Waals surface area contributed by atoms with E-state index in [-0.39, 0.29) is 17.9 Å². The number of carbonyl (C=O) groups excluding carboxylic acids is 1. The largest absolute Gasteiger partial charge is 0.349 e. The van der Waals surface area contributed by atoms with Crippen LogP contribution in [0.5, 0.6) is 0 Å². The molecule has 1 aromatic carbocycles. The summed E-state index contributed by atoms with van der Waals surface area (Å²) < 4.78 is 0. The van der Waals surface area contributed by atoms with Crippen LogP contribution in [0.1, 0.15) is 44.4 Å². The summed E-state index contributed by atoms with van der Waals surface area (Å²) in [5.41, 5.74) is 2.52. The third kappa shape index (κ3) is 2.87. The van der Waals surface area contributed by atoms with Gasteiger partial charge in [0.25, 0.3) is 0 Å². The van der Waals surface area contributed by atoms with Gasteiger partial charge in [0, 0.05) is 5.92 Å². The zero-order valence-corrected chi connectivity index (χ0v) is 10.9. The summed E-state index contributed by atoms with van der Waals surface area (Å²) in [6.45, 7) is 6.32. The predicted octanol–water partition coefficient (Wildman–Crippen LogP) is 3.08. The van der Waals surface area contributed by atoms with Gasteiger partial charge in [-0.1, -0.05) is 38.1 Å². The molecule has 0 radical (unpaired) electrons. The molecule has 0 spiro atoms. The molecule has 2 nitrogen and oxygen atoms in total. The van der Waals surface area contributed by atoms with Crippen LogP contribution in [0, 0.1) is 11.8 Å². The highest BCUT2D eigenvalue weighted by atomic mass is 16.2. The zero-order chi connectivity index (χ0) is 12.4. The smallest absolute Gasteiger partial charge is 0.223 e. The maximum Gasteiger partial charge on any atom is 0.223 e. The SMILES string of the molecule is CCc1ccc([C@@H](C)NC(=O)[C@H]2C[C@@H]2C)cc1. The van der Waals surface area contributed by atoms with Crippen molar-refractivity contribution in [3.05, 3.63) is 35.4 Å². The van der Waals surface area contributed by atoms with Crippen molar-refractivity contribution in [2.24, 2.45) is 11.8 Å². The van der Waals surface area contributed by atoms with E-state index < -0.39 is 0 Å². The van der Waals surface area contributed by atoms with Crippen molar-refractivity contribution >= 4 is 5.91 Å². The molecule has 0 aromatic heterocycles. The van der Waals surface area contributed by atoms with Gasteiger partial charge in [0.15, 0.2) is 0 Å². The molecule has 1 aliphatic carbocycles. The van der Waals surface area contributed by atoms with Gasteiger partial charge in [-0.15, -0.1) is 0 Å². The number of hydrogen-bond acceptors (Lipinski definition) is 1. The number of aryl methyl sites for hydroxylation is 1. The minimum Gasteiger partial charge on any atom is -0.349 e. The van der Waals surface area contributed by atoms with E-state index in [0.717, 1.165) is 12.8 Å². The summed E-state index contributed by atoms with van der Waals surface area (Å²) in [4.78, 5) is 11.8. The summed E-state index contributed by atoms with van der Waals surface area (Å²) >= 11 is 0. The normalized spacial score (nSPS) is 24.2. The van der Waals surface area contributed by atoms with Gasteiger partial charge in [-0.05, 0) is 36.8 Å².